The van der Waals surface area contributed by atoms with Gasteiger partial charge in [-0.1, -0.05) is 18.2 Å². The first-order valence-electron chi connectivity index (χ1n) is 8.03. The molecule has 0 saturated heterocycles. The summed E-state index contributed by atoms with van der Waals surface area (Å²) in [5.41, 5.74) is 7.84. The molecule has 3 N–H and O–H groups in total. The molecule has 0 spiro atoms. The van der Waals surface area contributed by atoms with Gasteiger partial charge in [0.05, 0.1) is 11.6 Å². The molecule has 0 bridgehead atoms. The number of hydroxylamine groups is 1. The Labute approximate surface area is 152 Å². The number of ether oxygens (including phenoxy) is 1. The predicted molar refractivity (Wildman–Crippen MR) is 101 cm³/mol. The molecular weight excluding hydrogens is 336 g/mol. The highest BCUT2D eigenvalue weighted by Gasteiger charge is 2.18. The van der Waals surface area contributed by atoms with Crippen molar-refractivity contribution < 1.29 is 14.4 Å². The number of hydrogen-bond acceptors (Lipinski definition) is 5. The Balaban J connectivity index is 1.80. The number of carbonyl (C=O) groups excluding carboxylic acids is 1. The van der Waals surface area contributed by atoms with Gasteiger partial charge in [0.15, 0.2) is 0 Å². The molecule has 1 amide bonds. The topological polar surface area (TPSA) is 73.6 Å². The van der Waals surface area contributed by atoms with E-state index < -0.39 is 11.6 Å². The zero-order chi connectivity index (χ0) is 18.3. The molecule has 5 nitrogen and oxygen atoms in total. The van der Waals surface area contributed by atoms with Gasteiger partial charge >= 0.3 is 0 Å². The molecule has 1 atom stereocenters. The number of carbonyl (C=O) groups is 1. The molecule has 0 aliphatic carbocycles. The minimum Gasteiger partial charge on any atom is -0.457 e. The largest absolute Gasteiger partial charge is 0.457 e. The molecule has 0 fully saturated rings. The molecule has 0 unspecified atom stereocenters. The molecule has 2 aromatic carbocycles. The Morgan fingerprint density at radius 2 is 1.68 bits per heavy atom. The Morgan fingerprint density at radius 1 is 1.08 bits per heavy atom. The van der Waals surface area contributed by atoms with Gasteiger partial charge in [-0.3, -0.25) is 9.63 Å². The first-order chi connectivity index (χ1) is 11.8. The van der Waals surface area contributed by atoms with E-state index in [1.54, 1.807) is 0 Å². The van der Waals surface area contributed by atoms with Gasteiger partial charge in [-0.15, -0.1) is 11.8 Å². The molecule has 2 aromatic rings. The highest BCUT2D eigenvalue weighted by atomic mass is 32.2. The van der Waals surface area contributed by atoms with Gasteiger partial charge in [-0.05, 0) is 57.2 Å². The lowest BCUT2D eigenvalue weighted by Crippen LogP contribution is -2.45. The lowest BCUT2D eigenvalue weighted by molar-refractivity contribution is -0.146. The third-order valence-electron chi connectivity index (χ3n) is 3.03. The summed E-state index contributed by atoms with van der Waals surface area (Å²) in [4.78, 5) is 18.1. The van der Waals surface area contributed by atoms with Crippen molar-refractivity contribution in [2.24, 2.45) is 5.73 Å². The molecule has 134 valence electrons. The minimum atomic E-state index is -0.646. The SMILES string of the molecule is CC(C)(C)ONC(=O)[C@@H](N)CSc1ccc(Oc2ccccc2)cc1. The van der Waals surface area contributed by atoms with Crippen LogP contribution in [0.1, 0.15) is 20.8 Å². The van der Waals surface area contributed by atoms with Crippen LogP contribution in [-0.2, 0) is 9.63 Å². The fourth-order valence-electron chi connectivity index (χ4n) is 1.77. The van der Waals surface area contributed by atoms with Gasteiger partial charge < -0.3 is 10.5 Å². The highest BCUT2D eigenvalue weighted by molar-refractivity contribution is 7.99. The maximum atomic E-state index is 11.9. The van der Waals surface area contributed by atoms with Crippen LogP contribution < -0.4 is 16.0 Å². The van der Waals surface area contributed by atoms with E-state index in [4.69, 9.17) is 15.3 Å². The second kappa shape index (κ2) is 8.89. The highest BCUT2D eigenvalue weighted by Crippen LogP contribution is 2.25. The van der Waals surface area contributed by atoms with E-state index in [1.165, 1.54) is 11.8 Å². The normalized spacial score (nSPS) is 12.5. The third kappa shape index (κ3) is 7.17. The van der Waals surface area contributed by atoms with E-state index in [1.807, 2.05) is 75.4 Å². The van der Waals surface area contributed by atoms with Crippen LogP contribution in [0.15, 0.2) is 59.5 Å². The average molecular weight is 360 g/mol. The number of nitrogens with one attached hydrogen (secondary N) is 1. The van der Waals surface area contributed by atoms with Crippen LogP contribution in [0.3, 0.4) is 0 Å². The molecule has 0 aromatic heterocycles. The Bertz CT molecular complexity index is 669. The molecule has 0 radical (unpaired) electrons. The quantitative estimate of drug-likeness (QED) is 0.581. The number of amides is 1. The molecule has 2 rings (SSSR count). The van der Waals surface area contributed by atoms with Crippen LogP contribution in [0.25, 0.3) is 0 Å². The van der Waals surface area contributed by atoms with E-state index in [2.05, 4.69) is 5.48 Å². The lowest BCUT2D eigenvalue weighted by Gasteiger charge is -2.20. The van der Waals surface area contributed by atoms with Gasteiger partial charge in [0, 0.05) is 10.6 Å². The van der Waals surface area contributed by atoms with E-state index in [9.17, 15) is 4.79 Å². The molecule has 0 aliphatic heterocycles. The maximum Gasteiger partial charge on any atom is 0.261 e. The zero-order valence-corrected chi connectivity index (χ0v) is 15.5. The van der Waals surface area contributed by atoms with Crippen LogP contribution >= 0.6 is 11.8 Å². The smallest absolute Gasteiger partial charge is 0.261 e. The molecule has 25 heavy (non-hydrogen) atoms. The minimum absolute atomic E-state index is 0.327. The fourth-order valence-corrected chi connectivity index (χ4v) is 2.62. The van der Waals surface area contributed by atoms with E-state index in [0.717, 1.165) is 16.4 Å². The summed E-state index contributed by atoms with van der Waals surface area (Å²) in [6.45, 7) is 5.56. The third-order valence-corrected chi connectivity index (χ3v) is 4.16. The number of thioether (sulfide) groups is 1. The van der Waals surface area contributed by atoms with E-state index in [0.29, 0.717) is 5.75 Å². The van der Waals surface area contributed by atoms with Crippen molar-refractivity contribution in [3.8, 4) is 11.5 Å². The second-order valence-corrected chi connectivity index (χ2v) is 7.58. The van der Waals surface area contributed by atoms with Crippen LogP contribution in [-0.4, -0.2) is 23.3 Å². The average Bonchev–Trinajstić information content (AvgIpc) is 2.59. The fraction of sp³-hybridized carbons (Fsp3) is 0.316. The summed E-state index contributed by atoms with van der Waals surface area (Å²) in [5.74, 6) is 1.68. The zero-order valence-electron chi connectivity index (χ0n) is 14.7. The number of benzene rings is 2. The van der Waals surface area contributed by atoms with Crippen molar-refractivity contribution in [3.05, 3.63) is 54.6 Å². The van der Waals surface area contributed by atoms with Crippen molar-refractivity contribution in [1.29, 1.82) is 0 Å². The number of nitrogens with two attached hydrogens (primary N) is 1. The van der Waals surface area contributed by atoms with Crippen LogP contribution in [0.2, 0.25) is 0 Å². The van der Waals surface area contributed by atoms with Gasteiger partial charge in [0.25, 0.3) is 5.91 Å². The number of hydrogen-bond donors (Lipinski definition) is 2. The standard InChI is InChI=1S/C19H24N2O3S/c1-19(2,3)24-21-18(22)17(20)13-25-16-11-9-15(10-12-16)23-14-7-5-4-6-8-14/h4-12,17H,13,20H2,1-3H3,(H,21,22)/t17-/m0/s1. The van der Waals surface area contributed by atoms with Gasteiger partial charge in [-0.2, -0.15) is 0 Å². The summed E-state index contributed by atoms with van der Waals surface area (Å²) in [6.07, 6.45) is 0. The summed E-state index contributed by atoms with van der Waals surface area (Å²) in [7, 11) is 0. The van der Waals surface area contributed by atoms with E-state index >= 15 is 0 Å². The summed E-state index contributed by atoms with van der Waals surface area (Å²) < 4.78 is 5.75. The van der Waals surface area contributed by atoms with Crippen LogP contribution in [0.4, 0.5) is 0 Å². The Kier molecular flexibility index (Phi) is 6.87. The van der Waals surface area contributed by atoms with Gasteiger partial charge in [0.1, 0.15) is 11.5 Å². The van der Waals surface area contributed by atoms with Crippen molar-refractivity contribution >= 4 is 17.7 Å². The Hall–Kier alpha value is -2.02. The van der Waals surface area contributed by atoms with Gasteiger partial charge in [0.2, 0.25) is 0 Å². The monoisotopic (exact) mass is 360 g/mol. The van der Waals surface area contributed by atoms with Crippen LogP contribution in [0, 0.1) is 0 Å². The van der Waals surface area contributed by atoms with E-state index in [-0.39, 0.29) is 5.91 Å². The maximum absolute atomic E-state index is 11.9. The predicted octanol–water partition coefficient (Wildman–Crippen LogP) is 3.74. The Morgan fingerprint density at radius 3 is 2.28 bits per heavy atom. The molecule has 0 saturated carbocycles. The molecule has 6 heteroatoms. The first kappa shape index (κ1) is 19.3. The second-order valence-electron chi connectivity index (χ2n) is 6.48. The lowest BCUT2D eigenvalue weighted by atomic mass is 10.2. The number of rotatable bonds is 7. The summed E-state index contributed by atoms with van der Waals surface area (Å²) >= 11 is 1.51. The first-order valence-corrected chi connectivity index (χ1v) is 9.01. The summed E-state index contributed by atoms with van der Waals surface area (Å²) in [5, 5.41) is 0. The number of para-hydroxylation sites is 1. The van der Waals surface area contributed by atoms with Crippen molar-refractivity contribution in [2.75, 3.05) is 5.75 Å². The van der Waals surface area contributed by atoms with Crippen molar-refractivity contribution in [2.45, 2.75) is 37.3 Å². The van der Waals surface area contributed by atoms with Crippen molar-refractivity contribution in [1.82, 2.24) is 5.48 Å². The van der Waals surface area contributed by atoms with Crippen molar-refractivity contribution in [3.63, 3.8) is 0 Å². The molecular formula is C19H24N2O3S. The summed E-state index contributed by atoms with van der Waals surface area (Å²) in [6, 6.07) is 16.6. The van der Waals surface area contributed by atoms with Gasteiger partial charge in [-0.25, -0.2) is 5.48 Å². The molecule has 0 aliphatic rings. The molecule has 0 heterocycles. The van der Waals surface area contributed by atoms with Crippen LogP contribution in [0.5, 0.6) is 11.5 Å².